The number of hydrogen-bond acceptors (Lipinski definition) is 3. The Labute approximate surface area is 151 Å². The SMILES string of the molecule is Cc1cc(NC(=O)C(C)(C)C)sc1C(=O)NCCc1ccccc1F. The van der Waals surface area contributed by atoms with Gasteiger partial charge in [0.05, 0.1) is 9.88 Å². The third-order valence-corrected chi connectivity index (χ3v) is 4.83. The van der Waals surface area contributed by atoms with E-state index >= 15 is 0 Å². The van der Waals surface area contributed by atoms with Crippen LogP contribution in [0.15, 0.2) is 30.3 Å². The lowest BCUT2D eigenvalue weighted by Crippen LogP contribution is -2.27. The second kappa shape index (κ2) is 7.78. The molecule has 0 aliphatic carbocycles. The highest BCUT2D eigenvalue weighted by Crippen LogP contribution is 2.28. The number of nitrogens with one attached hydrogen (secondary N) is 2. The molecule has 2 N–H and O–H groups in total. The van der Waals surface area contributed by atoms with Crippen LogP contribution >= 0.6 is 11.3 Å². The number of hydrogen-bond donors (Lipinski definition) is 2. The highest BCUT2D eigenvalue weighted by molar-refractivity contribution is 7.18. The molecular formula is C19H23FN2O2S. The number of amides is 2. The van der Waals surface area contributed by atoms with Gasteiger partial charge in [0.15, 0.2) is 0 Å². The van der Waals surface area contributed by atoms with E-state index in [1.807, 2.05) is 27.7 Å². The Morgan fingerprint density at radius 3 is 2.52 bits per heavy atom. The smallest absolute Gasteiger partial charge is 0.261 e. The van der Waals surface area contributed by atoms with E-state index < -0.39 is 5.41 Å². The van der Waals surface area contributed by atoms with Gasteiger partial charge in [-0.25, -0.2) is 4.39 Å². The zero-order chi connectivity index (χ0) is 18.6. The van der Waals surface area contributed by atoms with E-state index in [4.69, 9.17) is 0 Å². The van der Waals surface area contributed by atoms with Gasteiger partial charge in [-0.05, 0) is 36.6 Å². The summed E-state index contributed by atoms with van der Waals surface area (Å²) in [6.07, 6.45) is 0.427. The van der Waals surface area contributed by atoms with E-state index in [9.17, 15) is 14.0 Å². The van der Waals surface area contributed by atoms with Crippen LogP contribution in [0.3, 0.4) is 0 Å². The lowest BCUT2D eigenvalue weighted by Gasteiger charge is -2.16. The normalized spacial score (nSPS) is 11.2. The Morgan fingerprint density at radius 2 is 1.88 bits per heavy atom. The van der Waals surface area contributed by atoms with Crippen LogP contribution in [-0.2, 0) is 11.2 Å². The maximum absolute atomic E-state index is 13.6. The monoisotopic (exact) mass is 362 g/mol. The van der Waals surface area contributed by atoms with E-state index in [0.29, 0.717) is 28.4 Å². The number of aryl methyl sites for hydroxylation is 1. The Hall–Kier alpha value is -2.21. The van der Waals surface area contributed by atoms with Gasteiger partial charge in [0.25, 0.3) is 5.91 Å². The zero-order valence-corrected chi connectivity index (χ0v) is 15.7. The van der Waals surface area contributed by atoms with Crippen LogP contribution in [0.2, 0.25) is 0 Å². The molecule has 134 valence electrons. The van der Waals surface area contributed by atoms with Crippen molar-refractivity contribution in [2.75, 3.05) is 11.9 Å². The first-order valence-corrected chi connectivity index (χ1v) is 8.93. The molecule has 0 fully saturated rings. The van der Waals surface area contributed by atoms with E-state index in [0.717, 1.165) is 5.56 Å². The molecule has 0 spiro atoms. The van der Waals surface area contributed by atoms with Gasteiger partial charge in [-0.3, -0.25) is 9.59 Å². The van der Waals surface area contributed by atoms with Crippen molar-refractivity contribution >= 4 is 28.2 Å². The van der Waals surface area contributed by atoms with Crippen molar-refractivity contribution in [2.45, 2.75) is 34.1 Å². The molecule has 4 nitrogen and oxygen atoms in total. The molecule has 2 aromatic rings. The van der Waals surface area contributed by atoms with Gasteiger partial charge < -0.3 is 10.6 Å². The molecule has 0 bridgehead atoms. The molecule has 0 aliphatic heterocycles. The van der Waals surface area contributed by atoms with Gasteiger partial charge in [-0.1, -0.05) is 39.0 Å². The second-order valence-electron chi connectivity index (χ2n) is 6.92. The average Bonchev–Trinajstić information content (AvgIpc) is 2.88. The number of anilines is 1. The largest absolute Gasteiger partial charge is 0.351 e. The van der Waals surface area contributed by atoms with Crippen molar-refractivity contribution in [3.8, 4) is 0 Å². The zero-order valence-electron chi connectivity index (χ0n) is 14.9. The Morgan fingerprint density at radius 1 is 1.20 bits per heavy atom. The molecule has 0 saturated heterocycles. The molecule has 2 amide bonds. The third kappa shape index (κ3) is 5.13. The van der Waals surface area contributed by atoms with Crippen molar-refractivity contribution in [3.63, 3.8) is 0 Å². The quantitative estimate of drug-likeness (QED) is 0.839. The fourth-order valence-electron chi connectivity index (χ4n) is 2.16. The summed E-state index contributed by atoms with van der Waals surface area (Å²) in [5.74, 6) is -0.577. The summed E-state index contributed by atoms with van der Waals surface area (Å²) in [6.45, 7) is 7.67. The summed E-state index contributed by atoms with van der Waals surface area (Å²) in [5.41, 5.74) is 0.876. The average molecular weight is 362 g/mol. The molecule has 0 unspecified atom stereocenters. The molecule has 25 heavy (non-hydrogen) atoms. The van der Waals surface area contributed by atoms with Gasteiger partial charge >= 0.3 is 0 Å². The molecular weight excluding hydrogens is 339 g/mol. The van der Waals surface area contributed by atoms with Crippen LogP contribution in [0, 0.1) is 18.2 Å². The van der Waals surface area contributed by atoms with Crippen LogP contribution in [-0.4, -0.2) is 18.4 Å². The molecule has 6 heteroatoms. The lowest BCUT2D eigenvalue weighted by atomic mass is 9.96. The predicted octanol–water partition coefficient (Wildman–Crippen LogP) is 4.15. The number of halogens is 1. The van der Waals surface area contributed by atoms with E-state index in [-0.39, 0.29) is 17.6 Å². The maximum atomic E-state index is 13.6. The molecule has 0 aliphatic rings. The molecule has 1 heterocycles. The van der Waals surface area contributed by atoms with Crippen molar-refractivity contribution in [1.82, 2.24) is 5.32 Å². The standard InChI is InChI=1S/C19H23FN2O2S/c1-12-11-15(22-18(24)19(2,3)4)25-16(12)17(23)21-10-9-13-7-5-6-8-14(13)20/h5-8,11H,9-10H2,1-4H3,(H,21,23)(H,22,24). The fourth-order valence-corrected chi connectivity index (χ4v) is 3.14. The highest BCUT2D eigenvalue weighted by atomic mass is 32.1. The summed E-state index contributed by atoms with van der Waals surface area (Å²) in [6, 6.07) is 8.32. The second-order valence-corrected chi connectivity index (χ2v) is 7.98. The van der Waals surface area contributed by atoms with Crippen LogP contribution < -0.4 is 10.6 Å². The van der Waals surface area contributed by atoms with Gasteiger partial charge in [-0.15, -0.1) is 11.3 Å². The first-order chi connectivity index (χ1) is 11.7. The Kier molecular flexibility index (Phi) is 5.95. The van der Waals surface area contributed by atoms with Crippen molar-refractivity contribution in [1.29, 1.82) is 0 Å². The van der Waals surface area contributed by atoms with Gasteiger partial charge in [0, 0.05) is 12.0 Å². The van der Waals surface area contributed by atoms with Crippen LogP contribution in [0.1, 0.15) is 41.6 Å². The number of carbonyl (C=O) groups is 2. The molecule has 1 aromatic heterocycles. The Bertz CT molecular complexity index is 778. The van der Waals surface area contributed by atoms with Crippen LogP contribution in [0.5, 0.6) is 0 Å². The summed E-state index contributed by atoms with van der Waals surface area (Å²) < 4.78 is 13.6. The van der Waals surface area contributed by atoms with Crippen LogP contribution in [0.4, 0.5) is 9.39 Å². The van der Waals surface area contributed by atoms with Gasteiger partial charge in [-0.2, -0.15) is 0 Å². The summed E-state index contributed by atoms with van der Waals surface area (Å²) in [4.78, 5) is 24.9. The number of carbonyl (C=O) groups excluding carboxylic acids is 2. The maximum Gasteiger partial charge on any atom is 0.261 e. The number of rotatable bonds is 5. The molecule has 0 radical (unpaired) electrons. The fraction of sp³-hybridized carbons (Fsp3) is 0.368. The van der Waals surface area contributed by atoms with Gasteiger partial charge in [0.1, 0.15) is 5.82 Å². The summed E-state index contributed by atoms with van der Waals surface area (Å²) in [5, 5.41) is 6.29. The van der Waals surface area contributed by atoms with Gasteiger partial charge in [0.2, 0.25) is 5.91 Å². The van der Waals surface area contributed by atoms with E-state index in [2.05, 4.69) is 10.6 Å². The predicted molar refractivity (Wildman–Crippen MR) is 99.6 cm³/mol. The van der Waals surface area contributed by atoms with E-state index in [1.165, 1.54) is 17.4 Å². The van der Waals surface area contributed by atoms with Crippen molar-refractivity contribution in [2.24, 2.45) is 5.41 Å². The summed E-state index contributed by atoms with van der Waals surface area (Å²) in [7, 11) is 0. The first-order valence-electron chi connectivity index (χ1n) is 8.12. The lowest BCUT2D eigenvalue weighted by molar-refractivity contribution is -0.123. The first kappa shape index (κ1) is 19.1. The highest BCUT2D eigenvalue weighted by Gasteiger charge is 2.23. The minimum atomic E-state index is -0.500. The topological polar surface area (TPSA) is 58.2 Å². The minimum absolute atomic E-state index is 0.0970. The Balaban J connectivity index is 1.96. The number of benzene rings is 1. The molecule has 0 saturated carbocycles. The molecule has 1 aromatic carbocycles. The number of thiophene rings is 1. The van der Waals surface area contributed by atoms with Crippen molar-refractivity contribution in [3.05, 3.63) is 52.2 Å². The molecule has 2 rings (SSSR count). The summed E-state index contributed by atoms with van der Waals surface area (Å²) >= 11 is 1.24. The third-order valence-electron chi connectivity index (χ3n) is 3.68. The minimum Gasteiger partial charge on any atom is -0.351 e. The van der Waals surface area contributed by atoms with E-state index in [1.54, 1.807) is 24.3 Å². The van der Waals surface area contributed by atoms with Crippen molar-refractivity contribution < 1.29 is 14.0 Å². The molecule has 0 atom stereocenters. The van der Waals surface area contributed by atoms with Crippen LogP contribution in [0.25, 0.3) is 0 Å².